The first-order chi connectivity index (χ1) is 16.0. The Morgan fingerprint density at radius 2 is 1.77 bits per heavy atom. The highest BCUT2D eigenvalue weighted by Crippen LogP contribution is 2.73. The van der Waals surface area contributed by atoms with Crippen LogP contribution < -0.4 is 5.73 Å². The van der Waals surface area contributed by atoms with E-state index in [0.717, 1.165) is 6.42 Å². The van der Waals surface area contributed by atoms with Gasteiger partial charge >= 0.3 is 7.82 Å². The van der Waals surface area contributed by atoms with Crippen molar-refractivity contribution in [1.82, 2.24) is 19.5 Å². The highest BCUT2D eigenvalue weighted by molar-refractivity contribution is 7.48. The molecule has 11 nitrogen and oxygen atoms in total. The largest absolute Gasteiger partial charge is 0.475 e. The normalized spacial score (nSPS) is 32.1. The average Bonchev–Trinajstić information content (AvgIpc) is 2.93. The van der Waals surface area contributed by atoms with Crippen molar-refractivity contribution in [3.05, 3.63) is 12.7 Å². The predicted octanol–water partition coefficient (Wildman–Crippen LogP) is 4.24. The van der Waals surface area contributed by atoms with Gasteiger partial charge in [-0.2, -0.15) is 0 Å². The topological polar surface area (TPSA) is 133 Å². The van der Waals surface area contributed by atoms with Crippen LogP contribution in [0.3, 0.4) is 0 Å². The first kappa shape index (κ1) is 25.0. The zero-order chi connectivity index (χ0) is 25.6. The van der Waals surface area contributed by atoms with Gasteiger partial charge in [-0.15, -0.1) is 0 Å². The Balaban J connectivity index is 1.46. The molecular weight excluding hydrogens is 473 g/mol. The van der Waals surface area contributed by atoms with Crippen molar-refractivity contribution in [2.24, 2.45) is 11.3 Å². The SMILES string of the molecule is CC(C)(C)OP(=O)(OC[C@@]12C[C@@H]1C(n1cnc3c(N)ncnc31)C1OC(C)(C)OC12)OC(C)(C)C. The average molecular weight is 510 g/mol. The Morgan fingerprint density at radius 3 is 2.40 bits per heavy atom. The summed E-state index contributed by atoms with van der Waals surface area (Å²) in [4.78, 5) is 12.9. The third kappa shape index (κ3) is 4.51. The smallest absolute Gasteiger partial charge is 0.382 e. The van der Waals surface area contributed by atoms with Gasteiger partial charge in [0.25, 0.3) is 0 Å². The van der Waals surface area contributed by atoms with Crippen molar-refractivity contribution >= 4 is 24.8 Å². The van der Waals surface area contributed by atoms with E-state index in [-0.39, 0.29) is 30.8 Å². The quantitative estimate of drug-likeness (QED) is 0.564. The van der Waals surface area contributed by atoms with Crippen molar-refractivity contribution in [3.63, 3.8) is 0 Å². The molecule has 12 heteroatoms. The summed E-state index contributed by atoms with van der Waals surface area (Å²) >= 11 is 0. The second kappa shape index (κ2) is 7.69. The second-order valence-corrected chi connectivity index (χ2v) is 13.8. The van der Waals surface area contributed by atoms with Gasteiger partial charge in [-0.05, 0) is 67.7 Å². The molecule has 2 aromatic rings. The molecule has 35 heavy (non-hydrogen) atoms. The van der Waals surface area contributed by atoms with E-state index < -0.39 is 30.2 Å². The maximum Gasteiger partial charge on any atom is 0.475 e. The van der Waals surface area contributed by atoms with Crippen LogP contribution in [0.25, 0.3) is 11.2 Å². The second-order valence-electron chi connectivity index (χ2n) is 12.3. The molecular formula is C23H36N5O6P. The molecule has 0 spiro atoms. The number of nitrogen functional groups attached to an aromatic ring is 1. The van der Waals surface area contributed by atoms with Crippen molar-refractivity contribution in [2.75, 3.05) is 12.3 Å². The summed E-state index contributed by atoms with van der Waals surface area (Å²) in [5.41, 5.74) is 5.39. The summed E-state index contributed by atoms with van der Waals surface area (Å²) in [7, 11) is -3.88. The number of phosphoric acid groups is 1. The molecule has 0 radical (unpaired) electrons. The Labute approximate surface area is 205 Å². The number of aromatic nitrogens is 4. The first-order valence-electron chi connectivity index (χ1n) is 12.0. The van der Waals surface area contributed by atoms with Gasteiger partial charge in [0.15, 0.2) is 17.3 Å². The molecule has 1 saturated heterocycles. The molecule has 0 aromatic carbocycles. The van der Waals surface area contributed by atoms with Crippen LogP contribution in [0.5, 0.6) is 0 Å². The number of phosphoric ester groups is 1. The molecule has 3 aliphatic rings. The van der Waals surface area contributed by atoms with Crippen LogP contribution in [0, 0.1) is 11.3 Å². The van der Waals surface area contributed by atoms with Gasteiger partial charge in [0.05, 0.1) is 36.3 Å². The number of imidazole rings is 1. The molecule has 0 amide bonds. The molecule has 3 fully saturated rings. The number of hydrogen-bond donors (Lipinski definition) is 1. The summed E-state index contributed by atoms with van der Waals surface area (Å²) in [6.45, 7) is 14.9. The summed E-state index contributed by atoms with van der Waals surface area (Å²) in [5.74, 6) is -0.302. The van der Waals surface area contributed by atoms with Crippen LogP contribution >= 0.6 is 7.82 Å². The minimum atomic E-state index is -3.88. The molecule has 2 saturated carbocycles. The number of nitrogens with zero attached hydrogens (tertiary/aromatic N) is 4. The minimum Gasteiger partial charge on any atom is -0.382 e. The Bertz CT molecular complexity index is 1170. The fraction of sp³-hybridized carbons (Fsp3) is 0.783. The number of hydrogen-bond acceptors (Lipinski definition) is 10. The van der Waals surface area contributed by atoms with Gasteiger partial charge in [0.2, 0.25) is 0 Å². The van der Waals surface area contributed by atoms with Gasteiger partial charge in [-0.1, -0.05) is 0 Å². The first-order valence-corrected chi connectivity index (χ1v) is 13.4. The molecule has 3 heterocycles. The van der Waals surface area contributed by atoms with E-state index in [1.165, 1.54) is 6.33 Å². The van der Waals surface area contributed by atoms with Crippen LogP contribution in [-0.2, 0) is 27.6 Å². The highest BCUT2D eigenvalue weighted by Gasteiger charge is 2.76. The van der Waals surface area contributed by atoms with E-state index in [2.05, 4.69) is 15.0 Å². The Hall–Kier alpha value is -1.62. The molecule has 2 aromatic heterocycles. The standard InChI is InChI=1S/C23H36N5O6P/c1-20(2,3)33-35(29,34-21(4,5)6)30-10-23-9-13(23)15(16-17(23)32-22(7,8)31-16)28-12-27-14-18(24)25-11-26-19(14)28/h11-13,15-17H,9-10H2,1-8H3,(H2,24,25,26)/t13-,15?,16?,17?,23+/m1/s1. The monoisotopic (exact) mass is 509 g/mol. The zero-order valence-electron chi connectivity index (χ0n) is 21.6. The van der Waals surface area contributed by atoms with E-state index >= 15 is 0 Å². The molecule has 2 N–H and O–H groups in total. The van der Waals surface area contributed by atoms with E-state index in [0.29, 0.717) is 17.0 Å². The van der Waals surface area contributed by atoms with Gasteiger partial charge in [0.1, 0.15) is 17.9 Å². The molecule has 5 rings (SSSR count). The number of ether oxygens (including phenoxy) is 2. The van der Waals surface area contributed by atoms with Crippen molar-refractivity contribution in [3.8, 4) is 0 Å². The van der Waals surface area contributed by atoms with Crippen LogP contribution in [0.15, 0.2) is 12.7 Å². The van der Waals surface area contributed by atoms with E-state index in [9.17, 15) is 4.57 Å². The van der Waals surface area contributed by atoms with Gasteiger partial charge < -0.3 is 19.8 Å². The summed E-state index contributed by atoms with van der Waals surface area (Å²) in [6.07, 6.45) is 3.46. The highest BCUT2D eigenvalue weighted by atomic mass is 31.2. The minimum absolute atomic E-state index is 0.101. The number of fused-ring (bicyclic) bond motifs is 4. The maximum atomic E-state index is 13.7. The van der Waals surface area contributed by atoms with Crippen molar-refractivity contribution < 1.29 is 27.6 Å². The number of nitrogens with two attached hydrogens (primary N) is 1. The fourth-order valence-electron chi connectivity index (χ4n) is 5.48. The molecule has 2 aliphatic carbocycles. The lowest BCUT2D eigenvalue weighted by Crippen LogP contribution is -2.34. The van der Waals surface area contributed by atoms with Crippen molar-refractivity contribution in [2.45, 2.75) is 97.0 Å². The molecule has 5 atom stereocenters. The third-order valence-corrected chi connectivity index (χ3v) is 8.58. The molecule has 1 aliphatic heterocycles. The zero-order valence-corrected chi connectivity index (χ0v) is 22.5. The summed E-state index contributed by atoms with van der Waals surface area (Å²) in [6, 6.07) is -0.101. The maximum absolute atomic E-state index is 13.7. The van der Waals surface area contributed by atoms with Gasteiger partial charge in [-0.3, -0.25) is 13.6 Å². The Morgan fingerprint density at radius 1 is 1.11 bits per heavy atom. The Kier molecular flexibility index (Phi) is 5.51. The van der Waals surface area contributed by atoms with Gasteiger partial charge in [-0.25, -0.2) is 19.5 Å². The lowest BCUT2D eigenvalue weighted by atomic mass is 10.0. The molecule has 194 valence electrons. The number of rotatable bonds is 6. The van der Waals surface area contributed by atoms with Crippen LogP contribution in [0.4, 0.5) is 5.82 Å². The van der Waals surface area contributed by atoms with Crippen LogP contribution in [0.2, 0.25) is 0 Å². The van der Waals surface area contributed by atoms with Crippen LogP contribution in [0.1, 0.15) is 67.9 Å². The van der Waals surface area contributed by atoms with Crippen molar-refractivity contribution in [1.29, 1.82) is 0 Å². The number of anilines is 1. The van der Waals surface area contributed by atoms with E-state index in [1.54, 1.807) is 6.33 Å². The van der Waals surface area contributed by atoms with E-state index in [4.69, 9.17) is 28.8 Å². The molecule has 0 bridgehead atoms. The summed E-state index contributed by atoms with van der Waals surface area (Å²) in [5, 5.41) is 0. The predicted molar refractivity (Wildman–Crippen MR) is 128 cm³/mol. The third-order valence-electron chi connectivity index (χ3n) is 6.59. The lowest BCUT2D eigenvalue weighted by Gasteiger charge is -2.32. The fourth-order valence-corrected chi connectivity index (χ4v) is 7.36. The lowest BCUT2D eigenvalue weighted by molar-refractivity contribution is -0.163. The summed E-state index contributed by atoms with van der Waals surface area (Å²) < 4.78 is 46.2. The molecule has 3 unspecified atom stereocenters. The van der Waals surface area contributed by atoms with E-state index in [1.807, 2.05) is 60.0 Å². The van der Waals surface area contributed by atoms with Gasteiger partial charge in [0, 0.05) is 5.41 Å². The van der Waals surface area contributed by atoms with Crippen LogP contribution in [-0.4, -0.2) is 55.3 Å².